The summed E-state index contributed by atoms with van der Waals surface area (Å²) in [5.74, 6) is 4.43. The average molecular weight is 887 g/mol. The zero-order valence-electron chi connectivity index (χ0n) is 33.6. The first-order valence-electron chi connectivity index (χ1n) is 19.7. The number of aromatic nitrogens is 2. The molecule has 0 atom stereocenters. The largest absolute Gasteiger partial charge is 0.496 e. The van der Waals surface area contributed by atoms with Crippen molar-refractivity contribution in [3.8, 4) is 34.5 Å². The first-order valence-corrected chi connectivity index (χ1v) is 20.5. The van der Waals surface area contributed by atoms with Crippen LogP contribution in [0.2, 0.25) is 0 Å². The van der Waals surface area contributed by atoms with E-state index in [2.05, 4.69) is 36.5 Å². The molecule has 61 heavy (non-hydrogen) atoms. The number of hydrogen-bond donors (Lipinski definition) is 3. The normalized spacial score (nSPS) is 15.1. The van der Waals surface area contributed by atoms with Crippen LogP contribution in [0.4, 0.5) is 17.1 Å². The average Bonchev–Trinajstić information content (AvgIpc) is 4.18. The van der Waals surface area contributed by atoms with Crippen molar-refractivity contribution in [2.75, 3.05) is 44.2 Å². The second-order valence-electron chi connectivity index (χ2n) is 14.8. The molecule has 0 spiro atoms. The summed E-state index contributed by atoms with van der Waals surface area (Å²) in [5.41, 5.74) is 10.5. The number of pyridine rings is 2. The van der Waals surface area contributed by atoms with Gasteiger partial charge >= 0.3 is 0 Å². The lowest BCUT2D eigenvalue weighted by molar-refractivity contribution is -0.119. The number of hydrogen-bond acceptors (Lipinski definition) is 11. The smallest absolute Gasteiger partial charge is 0.235 e. The van der Waals surface area contributed by atoms with Crippen LogP contribution in [0.1, 0.15) is 48.1 Å². The molecular formula is C47H44BrN5O8. The quantitative estimate of drug-likeness (QED) is 0.0891. The number of amides is 2. The summed E-state index contributed by atoms with van der Waals surface area (Å²) in [5, 5.41) is 5.97. The molecule has 0 unspecified atom stereocenters. The van der Waals surface area contributed by atoms with Gasteiger partial charge in [-0.3, -0.25) is 14.6 Å². The number of para-hydroxylation sites is 3. The zero-order valence-corrected chi connectivity index (χ0v) is 35.2. The van der Waals surface area contributed by atoms with Crippen molar-refractivity contribution in [3.05, 3.63) is 149 Å². The molecule has 6 aromatic rings. The minimum Gasteiger partial charge on any atom is -0.496 e. The standard InChI is InChI=1S/C24H22N2O4.C16H13BrN2O3.C7H9NO/c1-28-20-5-3-2-4-16(20)12-18-7-8-19(14-25-18)26-23(27)24(10-11-24)17-6-9-21-22(13-17)30-15-29-21;17-14-4-2-11(8-18-14)19-15(20)16(5-6-16)10-1-3-12-13(7-10)22-9-21-12;1-9-7-5-3-2-4-6(7)8/h2-9,13-14H,10-12,15H2,1H3,(H,26,27);1-4,7-8H,5-6,9H2,(H,19,20);2-5H,8H2,1H3. The Morgan fingerprint density at radius 1 is 0.639 bits per heavy atom. The molecule has 4 aromatic carbocycles. The van der Waals surface area contributed by atoms with Gasteiger partial charge in [-0.2, -0.15) is 0 Å². The lowest BCUT2D eigenvalue weighted by atomic mass is 9.94. The maximum absolute atomic E-state index is 13.0. The van der Waals surface area contributed by atoms with Gasteiger partial charge in [-0.1, -0.05) is 42.5 Å². The molecule has 2 fully saturated rings. The second-order valence-corrected chi connectivity index (χ2v) is 15.7. The Morgan fingerprint density at radius 2 is 1.15 bits per heavy atom. The molecule has 2 saturated carbocycles. The SMILES string of the molecule is COc1ccccc1Cc1ccc(NC(=O)C2(c3ccc4c(c3)OCO4)CC2)cn1.COc1ccccc1N.O=C(Nc1ccc(Br)nc1)C1(c2ccc3c(c2)OCO3)CC1. The van der Waals surface area contributed by atoms with Gasteiger partial charge in [0.25, 0.3) is 0 Å². The molecule has 13 nitrogen and oxygen atoms in total. The van der Waals surface area contributed by atoms with Crippen molar-refractivity contribution < 1.29 is 38.0 Å². The number of fused-ring (bicyclic) bond motifs is 2. The van der Waals surface area contributed by atoms with Crippen molar-refractivity contribution in [2.45, 2.75) is 42.9 Å². The molecule has 4 N–H and O–H groups in total. The highest BCUT2D eigenvalue weighted by molar-refractivity contribution is 9.10. The van der Waals surface area contributed by atoms with E-state index < -0.39 is 10.8 Å². The summed E-state index contributed by atoms with van der Waals surface area (Å²) >= 11 is 3.28. The van der Waals surface area contributed by atoms with Crippen molar-refractivity contribution >= 4 is 44.8 Å². The third-order valence-corrected chi connectivity index (χ3v) is 11.5. The second kappa shape index (κ2) is 17.8. The number of nitrogens with two attached hydrogens (primary N) is 1. The minimum atomic E-state index is -0.503. The van der Waals surface area contributed by atoms with Crippen molar-refractivity contribution in [1.29, 1.82) is 0 Å². The molecule has 2 amide bonds. The van der Waals surface area contributed by atoms with Gasteiger partial charge in [-0.05, 0) is 119 Å². The molecular weight excluding hydrogens is 842 g/mol. The fourth-order valence-corrected chi connectivity index (χ4v) is 7.43. The number of ether oxygens (including phenoxy) is 6. The van der Waals surface area contributed by atoms with Crippen molar-refractivity contribution in [1.82, 2.24) is 9.97 Å². The molecule has 10 rings (SSSR count). The number of anilines is 3. The number of nitrogen functional groups attached to an aromatic ring is 1. The number of methoxy groups -OCH3 is 2. The van der Waals surface area contributed by atoms with Crippen molar-refractivity contribution in [2.24, 2.45) is 0 Å². The Bertz CT molecular complexity index is 2530. The summed E-state index contributed by atoms with van der Waals surface area (Å²) in [6.07, 6.45) is 7.32. The number of halogens is 1. The van der Waals surface area contributed by atoms with Crippen LogP contribution in [0.15, 0.2) is 126 Å². The van der Waals surface area contributed by atoms with E-state index in [0.29, 0.717) is 35.0 Å². The predicted molar refractivity (Wildman–Crippen MR) is 234 cm³/mol. The van der Waals surface area contributed by atoms with Gasteiger partial charge in [-0.25, -0.2) is 4.98 Å². The highest BCUT2D eigenvalue weighted by Crippen LogP contribution is 2.52. The Labute approximate surface area is 361 Å². The molecule has 0 bridgehead atoms. The zero-order chi connectivity index (χ0) is 42.4. The number of carbonyl (C=O) groups is 2. The van der Waals surface area contributed by atoms with Crippen LogP contribution in [0.5, 0.6) is 34.5 Å². The van der Waals surface area contributed by atoms with Crippen LogP contribution >= 0.6 is 15.9 Å². The number of nitrogens with one attached hydrogen (secondary N) is 2. The van der Waals surface area contributed by atoms with Gasteiger partial charge in [0.15, 0.2) is 23.0 Å². The molecule has 2 aromatic heterocycles. The van der Waals surface area contributed by atoms with E-state index in [1.54, 1.807) is 38.7 Å². The predicted octanol–water partition coefficient (Wildman–Crippen LogP) is 8.60. The topological polar surface area (TPSA) is 165 Å². The van der Waals surface area contributed by atoms with Crippen LogP contribution < -0.4 is 44.8 Å². The number of benzene rings is 4. The summed E-state index contributed by atoms with van der Waals surface area (Å²) in [6.45, 7) is 0.466. The van der Waals surface area contributed by atoms with Gasteiger partial charge < -0.3 is 44.8 Å². The Kier molecular flexibility index (Phi) is 12.0. The molecule has 312 valence electrons. The van der Waals surface area contributed by atoms with Crippen LogP contribution in [0.3, 0.4) is 0 Å². The molecule has 4 heterocycles. The van der Waals surface area contributed by atoms with Gasteiger partial charge in [0, 0.05) is 17.7 Å². The molecule has 0 radical (unpaired) electrons. The Hall–Kier alpha value is -6.80. The highest BCUT2D eigenvalue weighted by atomic mass is 79.9. The van der Waals surface area contributed by atoms with E-state index in [9.17, 15) is 9.59 Å². The van der Waals surface area contributed by atoms with E-state index in [1.807, 2.05) is 97.1 Å². The van der Waals surface area contributed by atoms with Crippen molar-refractivity contribution in [3.63, 3.8) is 0 Å². The maximum Gasteiger partial charge on any atom is 0.235 e. The molecule has 2 aliphatic heterocycles. The molecule has 14 heteroatoms. The van der Waals surface area contributed by atoms with Gasteiger partial charge in [-0.15, -0.1) is 0 Å². The van der Waals surface area contributed by atoms with E-state index in [4.69, 9.17) is 34.2 Å². The van der Waals surface area contributed by atoms with Crippen LogP contribution in [-0.2, 0) is 26.8 Å². The van der Waals surface area contributed by atoms with Crippen LogP contribution in [0.25, 0.3) is 0 Å². The highest BCUT2D eigenvalue weighted by Gasteiger charge is 2.52. The third kappa shape index (κ3) is 9.19. The van der Waals surface area contributed by atoms with Gasteiger partial charge in [0.1, 0.15) is 16.1 Å². The Morgan fingerprint density at radius 3 is 1.62 bits per heavy atom. The lowest BCUT2D eigenvalue weighted by Gasteiger charge is -2.16. The number of carbonyl (C=O) groups excluding carboxylic acids is 2. The number of nitrogens with zero attached hydrogens (tertiary/aromatic N) is 2. The summed E-state index contributed by atoms with van der Waals surface area (Å²) in [4.78, 5) is 34.3. The van der Waals surface area contributed by atoms with Gasteiger partial charge in [0.05, 0.1) is 54.5 Å². The molecule has 4 aliphatic rings. The monoisotopic (exact) mass is 885 g/mol. The molecule has 2 aliphatic carbocycles. The third-order valence-electron chi connectivity index (χ3n) is 11.0. The van der Waals surface area contributed by atoms with E-state index in [-0.39, 0.29) is 25.4 Å². The van der Waals surface area contributed by atoms with E-state index >= 15 is 0 Å². The van der Waals surface area contributed by atoms with E-state index in [1.165, 1.54) is 0 Å². The fraction of sp³-hybridized carbons (Fsp3) is 0.234. The number of rotatable bonds is 10. The summed E-state index contributed by atoms with van der Waals surface area (Å²) in [6, 6.07) is 34.2. The van der Waals surface area contributed by atoms with E-state index in [0.717, 1.165) is 75.7 Å². The summed E-state index contributed by atoms with van der Waals surface area (Å²) < 4.78 is 32.6. The minimum absolute atomic E-state index is 0.00418. The molecule has 0 saturated heterocycles. The first-order chi connectivity index (χ1) is 29.7. The van der Waals surface area contributed by atoms with Crippen LogP contribution in [0, 0.1) is 0 Å². The lowest BCUT2D eigenvalue weighted by Crippen LogP contribution is -2.27. The first kappa shape index (κ1) is 41.0. The maximum atomic E-state index is 13.0. The fourth-order valence-electron chi connectivity index (χ4n) is 7.20. The van der Waals surface area contributed by atoms with Gasteiger partial charge in [0.2, 0.25) is 25.4 Å². The van der Waals surface area contributed by atoms with Crippen LogP contribution in [-0.4, -0.2) is 49.6 Å². The Balaban J connectivity index is 0.000000144. The summed E-state index contributed by atoms with van der Waals surface area (Å²) in [7, 11) is 3.27.